The van der Waals surface area contributed by atoms with Gasteiger partial charge in [0.2, 0.25) is 6.04 Å². The summed E-state index contributed by atoms with van der Waals surface area (Å²) < 4.78 is 0. The van der Waals surface area contributed by atoms with Gasteiger partial charge in [-0.2, -0.15) is 4.89 Å². The molecule has 1 saturated carbocycles. The van der Waals surface area contributed by atoms with Crippen LogP contribution in [0.25, 0.3) is 0 Å². The maximum absolute atomic E-state index is 11.2. The lowest BCUT2D eigenvalue weighted by molar-refractivity contribution is -0.533. The summed E-state index contributed by atoms with van der Waals surface area (Å²) in [6.45, 7) is 5.26. The fourth-order valence-corrected chi connectivity index (χ4v) is 3.22. The molecule has 0 bridgehead atoms. The molecule has 7 nitrogen and oxygen atoms in total. The van der Waals surface area contributed by atoms with E-state index >= 15 is 0 Å². The molecule has 126 valence electrons. The summed E-state index contributed by atoms with van der Waals surface area (Å²) in [6, 6.07) is -0.613. The standard InChI is InChI=1S/C15H25NO6/c1-3-21-22-15(2)11-10-13(16(19)20)12(15)8-6-4-5-7-9-14(17)18/h3,12-13H,1,4-11H2,2H3,(H,17,18). The first-order chi connectivity index (χ1) is 10.4. The number of hydrogen-bond donors (Lipinski definition) is 1. The van der Waals surface area contributed by atoms with Gasteiger partial charge in [-0.3, -0.25) is 14.9 Å². The number of aliphatic carboxylic acids is 1. The van der Waals surface area contributed by atoms with Crippen molar-refractivity contribution in [3.05, 3.63) is 23.0 Å². The summed E-state index contributed by atoms with van der Waals surface area (Å²) in [5, 5.41) is 19.8. The van der Waals surface area contributed by atoms with Gasteiger partial charge in [-0.15, -0.1) is 0 Å². The van der Waals surface area contributed by atoms with E-state index in [0.717, 1.165) is 19.3 Å². The topological polar surface area (TPSA) is 98.9 Å². The van der Waals surface area contributed by atoms with Crippen molar-refractivity contribution in [3.63, 3.8) is 0 Å². The van der Waals surface area contributed by atoms with Gasteiger partial charge in [-0.1, -0.05) is 25.8 Å². The van der Waals surface area contributed by atoms with Gasteiger partial charge in [0.15, 0.2) is 0 Å². The van der Waals surface area contributed by atoms with Crippen molar-refractivity contribution >= 4 is 5.97 Å². The summed E-state index contributed by atoms with van der Waals surface area (Å²) in [4.78, 5) is 31.6. The Kier molecular flexibility index (Phi) is 7.31. The van der Waals surface area contributed by atoms with Crippen LogP contribution in [-0.4, -0.2) is 27.6 Å². The first-order valence-corrected chi connectivity index (χ1v) is 7.71. The predicted octanol–water partition coefficient (Wildman–Crippen LogP) is 3.32. The monoisotopic (exact) mass is 315 g/mol. The molecule has 0 heterocycles. The number of carboxylic acid groups (broad SMARTS) is 1. The second-order valence-corrected chi connectivity index (χ2v) is 6.00. The van der Waals surface area contributed by atoms with E-state index in [-0.39, 0.29) is 17.3 Å². The van der Waals surface area contributed by atoms with Gasteiger partial charge in [0.1, 0.15) is 11.9 Å². The zero-order chi connectivity index (χ0) is 16.6. The molecule has 0 aliphatic heterocycles. The van der Waals surface area contributed by atoms with E-state index in [1.807, 2.05) is 6.92 Å². The van der Waals surface area contributed by atoms with Crippen molar-refractivity contribution in [2.75, 3.05) is 0 Å². The number of unbranched alkanes of at least 4 members (excludes halogenated alkanes) is 3. The molecule has 0 radical (unpaired) electrons. The molecule has 1 N–H and O–H groups in total. The van der Waals surface area contributed by atoms with Crippen molar-refractivity contribution in [1.82, 2.24) is 0 Å². The minimum atomic E-state index is -0.785. The summed E-state index contributed by atoms with van der Waals surface area (Å²) in [5.74, 6) is -0.992. The molecular weight excluding hydrogens is 290 g/mol. The highest BCUT2D eigenvalue weighted by Gasteiger charge is 2.53. The first-order valence-electron chi connectivity index (χ1n) is 7.71. The van der Waals surface area contributed by atoms with Gasteiger partial charge in [0, 0.05) is 17.8 Å². The van der Waals surface area contributed by atoms with Crippen molar-refractivity contribution in [2.24, 2.45) is 5.92 Å². The largest absolute Gasteiger partial charge is 0.481 e. The van der Waals surface area contributed by atoms with E-state index in [4.69, 9.17) is 14.9 Å². The first kappa shape index (κ1) is 18.4. The van der Waals surface area contributed by atoms with Crippen molar-refractivity contribution in [2.45, 2.75) is 69.9 Å². The Morgan fingerprint density at radius 1 is 1.45 bits per heavy atom. The highest BCUT2D eigenvalue weighted by atomic mass is 17.2. The number of nitro groups is 1. The quantitative estimate of drug-likeness (QED) is 0.206. The fraction of sp³-hybridized carbons (Fsp3) is 0.800. The summed E-state index contributed by atoms with van der Waals surface area (Å²) in [5.41, 5.74) is -0.674. The minimum Gasteiger partial charge on any atom is -0.481 e. The van der Waals surface area contributed by atoms with Gasteiger partial charge in [-0.05, 0) is 26.2 Å². The van der Waals surface area contributed by atoms with E-state index in [2.05, 4.69) is 6.58 Å². The molecule has 22 heavy (non-hydrogen) atoms. The highest BCUT2D eigenvalue weighted by Crippen LogP contribution is 2.43. The Balaban J connectivity index is 2.47. The third-order valence-corrected chi connectivity index (χ3v) is 4.42. The van der Waals surface area contributed by atoms with Crippen molar-refractivity contribution in [1.29, 1.82) is 0 Å². The predicted molar refractivity (Wildman–Crippen MR) is 79.6 cm³/mol. The SMILES string of the molecule is C=COOC1(C)CCC([N+](=O)[O-])C1CCCCCCC(=O)O. The van der Waals surface area contributed by atoms with Crippen molar-refractivity contribution in [3.8, 4) is 0 Å². The lowest BCUT2D eigenvalue weighted by atomic mass is 9.86. The third-order valence-electron chi connectivity index (χ3n) is 4.42. The van der Waals surface area contributed by atoms with E-state index in [1.54, 1.807) is 0 Å². The normalized spacial score (nSPS) is 27.5. The Bertz CT molecular complexity index is 399. The zero-order valence-electron chi connectivity index (χ0n) is 13.0. The van der Waals surface area contributed by atoms with E-state index < -0.39 is 17.6 Å². The molecule has 0 aromatic carbocycles. The average molecular weight is 315 g/mol. The third kappa shape index (κ3) is 5.29. The number of rotatable bonds is 11. The van der Waals surface area contributed by atoms with Crippen LogP contribution in [0.4, 0.5) is 0 Å². The Morgan fingerprint density at radius 2 is 2.14 bits per heavy atom. The molecule has 3 atom stereocenters. The summed E-state index contributed by atoms with van der Waals surface area (Å²) >= 11 is 0. The molecule has 0 spiro atoms. The van der Waals surface area contributed by atoms with Gasteiger partial charge in [0.05, 0.1) is 5.92 Å². The van der Waals surface area contributed by atoms with Gasteiger partial charge >= 0.3 is 5.97 Å². The second-order valence-electron chi connectivity index (χ2n) is 6.00. The molecule has 0 aromatic heterocycles. The van der Waals surface area contributed by atoms with E-state index in [1.165, 1.54) is 6.26 Å². The summed E-state index contributed by atoms with van der Waals surface area (Å²) in [6.07, 6.45) is 6.24. The average Bonchev–Trinajstić information content (AvgIpc) is 2.78. The van der Waals surface area contributed by atoms with Crippen LogP contribution >= 0.6 is 0 Å². The molecular formula is C15H25NO6. The zero-order valence-corrected chi connectivity index (χ0v) is 13.0. The fourth-order valence-electron chi connectivity index (χ4n) is 3.22. The van der Waals surface area contributed by atoms with Crippen LogP contribution in [0.1, 0.15) is 58.3 Å². The lowest BCUT2D eigenvalue weighted by Crippen LogP contribution is -2.39. The maximum Gasteiger partial charge on any atom is 0.303 e. The highest BCUT2D eigenvalue weighted by molar-refractivity contribution is 5.66. The smallest absolute Gasteiger partial charge is 0.303 e. The lowest BCUT2D eigenvalue weighted by Gasteiger charge is -2.29. The van der Waals surface area contributed by atoms with Crippen LogP contribution in [0.5, 0.6) is 0 Å². The Hall–Kier alpha value is -1.63. The Labute approximate surface area is 130 Å². The van der Waals surface area contributed by atoms with Crippen molar-refractivity contribution < 1.29 is 24.6 Å². The Morgan fingerprint density at radius 3 is 2.73 bits per heavy atom. The molecule has 7 heteroatoms. The number of nitrogens with zero attached hydrogens (tertiary/aromatic N) is 1. The van der Waals surface area contributed by atoms with E-state index in [9.17, 15) is 14.9 Å². The molecule has 1 fully saturated rings. The van der Waals surface area contributed by atoms with Crippen LogP contribution in [0.2, 0.25) is 0 Å². The van der Waals surface area contributed by atoms with Gasteiger partial charge in [-0.25, -0.2) is 0 Å². The van der Waals surface area contributed by atoms with Crippen LogP contribution < -0.4 is 0 Å². The molecule has 3 unspecified atom stereocenters. The maximum atomic E-state index is 11.2. The molecule has 1 rings (SSSR count). The van der Waals surface area contributed by atoms with Gasteiger partial charge in [0.25, 0.3) is 0 Å². The molecule has 0 amide bonds. The van der Waals surface area contributed by atoms with Crippen LogP contribution in [0.3, 0.4) is 0 Å². The molecule has 0 saturated heterocycles. The van der Waals surface area contributed by atoms with E-state index in [0.29, 0.717) is 25.7 Å². The molecule has 0 aromatic rings. The van der Waals surface area contributed by atoms with Crippen LogP contribution in [-0.2, 0) is 14.6 Å². The van der Waals surface area contributed by atoms with Gasteiger partial charge < -0.3 is 9.99 Å². The van der Waals surface area contributed by atoms with Crippen LogP contribution in [0, 0.1) is 16.0 Å². The number of hydrogen-bond acceptors (Lipinski definition) is 5. The molecule has 1 aliphatic carbocycles. The minimum absolute atomic E-state index is 0.176. The molecule has 1 aliphatic rings. The van der Waals surface area contributed by atoms with Crippen LogP contribution in [0.15, 0.2) is 12.8 Å². The number of carbonyl (C=O) groups is 1. The second kappa shape index (κ2) is 8.73. The summed E-state index contributed by atoms with van der Waals surface area (Å²) in [7, 11) is 0. The number of carboxylic acids is 1.